The number of carbonyl (C=O) groups is 2. The number of hydrogen-bond acceptors (Lipinski definition) is 5. The van der Waals surface area contributed by atoms with Gasteiger partial charge in [0.05, 0.1) is 23.4 Å². The Morgan fingerprint density at radius 1 is 1.20 bits per heavy atom. The van der Waals surface area contributed by atoms with Gasteiger partial charge in [-0.1, -0.05) is 17.3 Å². The highest BCUT2D eigenvalue weighted by Gasteiger charge is 2.41. The number of benzene rings is 1. The molecule has 0 unspecified atom stereocenters. The molecule has 0 radical (unpaired) electrons. The number of carbonyl (C=O) groups excluding carboxylic acids is 2. The molecule has 2 heterocycles. The molecule has 25 heavy (non-hydrogen) atoms. The molecule has 1 N–H and O–H groups in total. The van der Waals surface area contributed by atoms with Crippen molar-refractivity contribution < 1.29 is 14.1 Å². The third-order valence-corrected chi connectivity index (χ3v) is 5.08. The number of amides is 2. The van der Waals surface area contributed by atoms with E-state index in [2.05, 4.69) is 10.5 Å². The van der Waals surface area contributed by atoms with E-state index >= 15 is 0 Å². The minimum Gasteiger partial charge on any atom is -0.360 e. The minimum atomic E-state index is -0.155. The predicted octanol–water partition coefficient (Wildman–Crippen LogP) is 2.68. The van der Waals surface area contributed by atoms with Gasteiger partial charge < -0.3 is 9.84 Å². The topological polar surface area (TPSA) is 75.4 Å². The maximum absolute atomic E-state index is 12.7. The fourth-order valence-corrected chi connectivity index (χ4v) is 3.87. The average molecular weight is 339 g/mol. The zero-order valence-corrected chi connectivity index (χ0v) is 14.2. The smallest absolute Gasteiger partial charge is 0.261 e. The molecule has 0 spiro atoms. The summed E-state index contributed by atoms with van der Waals surface area (Å²) in [7, 11) is 0. The van der Waals surface area contributed by atoms with Crippen LogP contribution in [0.3, 0.4) is 0 Å². The van der Waals surface area contributed by atoms with E-state index in [9.17, 15) is 9.59 Å². The highest BCUT2D eigenvalue weighted by atomic mass is 16.5. The maximum Gasteiger partial charge on any atom is 0.261 e. The first-order valence-corrected chi connectivity index (χ1v) is 8.76. The molecule has 0 saturated heterocycles. The number of imide groups is 1. The molecule has 1 aliphatic carbocycles. The van der Waals surface area contributed by atoms with Gasteiger partial charge in [0, 0.05) is 18.2 Å². The van der Waals surface area contributed by atoms with Crippen molar-refractivity contribution in [1.29, 1.82) is 0 Å². The first-order valence-electron chi connectivity index (χ1n) is 8.76. The number of nitrogens with one attached hydrogen (secondary N) is 1. The van der Waals surface area contributed by atoms with E-state index < -0.39 is 0 Å². The number of hydrogen-bond donors (Lipinski definition) is 1. The van der Waals surface area contributed by atoms with E-state index in [0.717, 1.165) is 37.1 Å². The van der Waals surface area contributed by atoms with Crippen LogP contribution in [-0.2, 0) is 6.54 Å². The highest BCUT2D eigenvalue weighted by molar-refractivity contribution is 6.21. The van der Waals surface area contributed by atoms with Crippen molar-refractivity contribution in [3.8, 4) is 0 Å². The fourth-order valence-electron chi connectivity index (χ4n) is 3.87. The van der Waals surface area contributed by atoms with Crippen molar-refractivity contribution in [2.75, 3.05) is 0 Å². The Kier molecular flexibility index (Phi) is 4.13. The molecular formula is C19H21N3O3. The van der Waals surface area contributed by atoms with Crippen LogP contribution >= 0.6 is 0 Å². The molecule has 130 valence electrons. The van der Waals surface area contributed by atoms with Crippen LogP contribution in [0, 0.1) is 6.92 Å². The first kappa shape index (κ1) is 16.0. The summed E-state index contributed by atoms with van der Waals surface area (Å²) in [4.78, 5) is 26.8. The van der Waals surface area contributed by atoms with Crippen LogP contribution < -0.4 is 5.32 Å². The molecule has 1 aromatic heterocycles. The van der Waals surface area contributed by atoms with Crippen molar-refractivity contribution in [2.24, 2.45) is 0 Å². The second-order valence-electron chi connectivity index (χ2n) is 6.86. The molecule has 1 aromatic carbocycles. The van der Waals surface area contributed by atoms with Crippen LogP contribution in [0.15, 0.2) is 34.9 Å². The van der Waals surface area contributed by atoms with E-state index in [1.807, 2.05) is 13.0 Å². The Labute approximate surface area is 146 Å². The van der Waals surface area contributed by atoms with Gasteiger partial charge in [0.1, 0.15) is 0 Å². The van der Waals surface area contributed by atoms with Gasteiger partial charge in [0.25, 0.3) is 11.8 Å². The molecule has 2 aromatic rings. The fraction of sp³-hybridized carbons (Fsp3) is 0.421. The van der Waals surface area contributed by atoms with Gasteiger partial charge in [0.15, 0.2) is 5.76 Å². The second kappa shape index (κ2) is 6.44. The minimum absolute atomic E-state index is 0.0462. The van der Waals surface area contributed by atoms with Gasteiger partial charge in [-0.15, -0.1) is 0 Å². The molecule has 2 aliphatic rings. The molecule has 2 amide bonds. The van der Waals surface area contributed by atoms with Crippen LogP contribution in [0.5, 0.6) is 0 Å². The van der Waals surface area contributed by atoms with E-state index in [1.54, 1.807) is 24.3 Å². The Hall–Kier alpha value is -2.47. The summed E-state index contributed by atoms with van der Waals surface area (Å²) in [5, 5.41) is 7.36. The SMILES string of the molecule is Cc1cc(CN[C@@H]2CCC[C@H](N3C(=O)c4ccccc4C3=O)C2)on1. The largest absolute Gasteiger partial charge is 0.360 e. The highest BCUT2D eigenvalue weighted by Crippen LogP contribution is 2.31. The standard InChI is InChI=1S/C19H21N3O3/c1-12-9-15(25-21-12)11-20-13-5-4-6-14(10-13)22-18(23)16-7-2-3-8-17(16)19(22)24/h2-3,7-9,13-14,20H,4-6,10-11H2,1H3/t13-,14+/m1/s1. The molecule has 6 nitrogen and oxygen atoms in total. The maximum atomic E-state index is 12.7. The summed E-state index contributed by atoms with van der Waals surface area (Å²) in [6.45, 7) is 2.51. The number of nitrogens with zero attached hydrogens (tertiary/aromatic N) is 2. The monoisotopic (exact) mass is 339 g/mol. The van der Waals surface area contributed by atoms with Crippen molar-refractivity contribution >= 4 is 11.8 Å². The average Bonchev–Trinajstić information content (AvgIpc) is 3.15. The van der Waals surface area contributed by atoms with Gasteiger partial charge in [-0.25, -0.2) is 0 Å². The molecular weight excluding hydrogens is 318 g/mol. The Balaban J connectivity index is 1.43. The molecule has 4 rings (SSSR count). The number of fused-ring (bicyclic) bond motifs is 1. The first-order chi connectivity index (χ1) is 12.1. The molecule has 0 bridgehead atoms. The molecule has 1 saturated carbocycles. The normalized spacial score (nSPS) is 23.2. The second-order valence-corrected chi connectivity index (χ2v) is 6.86. The van der Waals surface area contributed by atoms with Crippen molar-refractivity contribution in [3.05, 3.63) is 52.9 Å². The van der Waals surface area contributed by atoms with Crippen LogP contribution in [0.2, 0.25) is 0 Å². The molecule has 6 heteroatoms. The lowest BCUT2D eigenvalue weighted by atomic mass is 9.90. The van der Waals surface area contributed by atoms with E-state index in [1.165, 1.54) is 4.90 Å². The summed E-state index contributed by atoms with van der Waals surface area (Å²) in [5.41, 5.74) is 1.92. The van der Waals surface area contributed by atoms with Crippen LogP contribution in [-0.4, -0.2) is 34.0 Å². The molecule has 2 atom stereocenters. The third-order valence-electron chi connectivity index (χ3n) is 5.08. The summed E-state index contributed by atoms with van der Waals surface area (Å²) in [6, 6.07) is 9.21. The van der Waals surface area contributed by atoms with Gasteiger partial charge in [-0.3, -0.25) is 14.5 Å². The number of aromatic nitrogens is 1. The lowest BCUT2D eigenvalue weighted by Crippen LogP contribution is -2.46. The Bertz CT molecular complexity index is 779. The van der Waals surface area contributed by atoms with Crippen LogP contribution in [0.25, 0.3) is 0 Å². The quantitative estimate of drug-likeness (QED) is 0.867. The lowest BCUT2D eigenvalue weighted by molar-refractivity contribution is 0.0532. The van der Waals surface area contributed by atoms with Gasteiger partial charge in [-0.05, 0) is 44.7 Å². The van der Waals surface area contributed by atoms with E-state index in [4.69, 9.17) is 4.52 Å². The lowest BCUT2D eigenvalue weighted by Gasteiger charge is -2.34. The molecule has 1 fully saturated rings. The Morgan fingerprint density at radius 2 is 1.92 bits per heavy atom. The summed E-state index contributed by atoms with van der Waals surface area (Å²) >= 11 is 0. The summed E-state index contributed by atoms with van der Waals surface area (Å²) in [6.07, 6.45) is 3.67. The predicted molar refractivity (Wildman–Crippen MR) is 91.1 cm³/mol. The zero-order chi connectivity index (χ0) is 17.4. The number of aryl methyl sites for hydroxylation is 1. The van der Waals surface area contributed by atoms with Crippen LogP contribution in [0.4, 0.5) is 0 Å². The van der Waals surface area contributed by atoms with Crippen molar-refractivity contribution in [1.82, 2.24) is 15.4 Å². The summed E-state index contributed by atoms with van der Waals surface area (Å²) < 4.78 is 5.23. The summed E-state index contributed by atoms with van der Waals surface area (Å²) in [5.74, 6) is 0.495. The zero-order valence-electron chi connectivity index (χ0n) is 14.2. The third kappa shape index (κ3) is 2.98. The van der Waals surface area contributed by atoms with Crippen LogP contribution in [0.1, 0.15) is 57.9 Å². The van der Waals surface area contributed by atoms with Crippen molar-refractivity contribution in [2.45, 2.75) is 51.2 Å². The van der Waals surface area contributed by atoms with E-state index in [0.29, 0.717) is 17.7 Å². The number of rotatable bonds is 4. The van der Waals surface area contributed by atoms with Crippen molar-refractivity contribution in [3.63, 3.8) is 0 Å². The Morgan fingerprint density at radius 3 is 2.56 bits per heavy atom. The van der Waals surface area contributed by atoms with E-state index in [-0.39, 0.29) is 23.9 Å². The van der Waals surface area contributed by atoms with Gasteiger partial charge in [-0.2, -0.15) is 0 Å². The van der Waals surface area contributed by atoms with Gasteiger partial charge >= 0.3 is 0 Å². The van der Waals surface area contributed by atoms with Gasteiger partial charge in [0.2, 0.25) is 0 Å². The molecule has 1 aliphatic heterocycles.